The number of benzene rings is 1. The van der Waals surface area contributed by atoms with Crippen molar-refractivity contribution in [1.82, 2.24) is 15.1 Å². The topological polar surface area (TPSA) is 83.1 Å². The normalized spacial score (nSPS) is 21.4. The van der Waals surface area contributed by atoms with Gasteiger partial charge < -0.3 is 19.7 Å². The second kappa shape index (κ2) is 6.73. The summed E-state index contributed by atoms with van der Waals surface area (Å²) in [5.74, 6) is -0.406. The number of nitrogens with zero attached hydrogens (tertiary/aromatic N) is 2. The fourth-order valence-corrected chi connectivity index (χ4v) is 3.58. The second-order valence-electron chi connectivity index (χ2n) is 6.74. The Labute approximate surface area is 150 Å². The van der Waals surface area contributed by atoms with Crippen LogP contribution in [-0.4, -0.2) is 74.4 Å². The highest BCUT2D eigenvalue weighted by molar-refractivity contribution is 5.89. The molecule has 9 heteroatoms. The summed E-state index contributed by atoms with van der Waals surface area (Å²) in [6, 6.07) is 3.93. The molecule has 0 aromatic heterocycles. The number of hydrogen-bond donors (Lipinski definition) is 2. The zero-order chi connectivity index (χ0) is 18.1. The Bertz CT molecular complexity index is 717. The molecule has 8 nitrogen and oxygen atoms in total. The SMILES string of the molecule is O=C1Nc2ccc(F)cc2C2(CN(C(=O)NCCN3CCOCC3)C2)O1. The maximum Gasteiger partial charge on any atom is 0.412 e. The van der Waals surface area contributed by atoms with Crippen molar-refractivity contribution in [2.45, 2.75) is 5.60 Å². The first kappa shape index (κ1) is 17.0. The predicted molar refractivity (Wildman–Crippen MR) is 90.4 cm³/mol. The van der Waals surface area contributed by atoms with Crippen molar-refractivity contribution >= 4 is 17.8 Å². The molecule has 3 amide bonds. The van der Waals surface area contributed by atoms with Crippen molar-refractivity contribution in [2.24, 2.45) is 0 Å². The first-order valence-electron chi connectivity index (χ1n) is 8.69. The van der Waals surface area contributed by atoms with Crippen LogP contribution in [0.25, 0.3) is 0 Å². The van der Waals surface area contributed by atoms with E-state index in [0.29, 0.717) is 17.8 Å². The van der Waals surface area contributed by atoms with Gasteiger partial charge >= 0.3 is 12.1 Å². The van der Waals surface area contributed by atoms with E-state index < -0.39 is 17.5 Å². The highest BCUT2D eigenvalue weighted by Gasteiger charge is 2.53. The fourth-order valence-electron chi connectivity index (χ4n) is 3.58. The zero-order valence-electron chi connectivity index (χ0n) is 14.3. The minimum Gasteiger partial charge on any atom is -0.434 e. The minimum atomic E-state index is -0.971. The molecule has 2 fully saturated rings. The maximum absolute atomic E-state index is 13.6. The average molecular weight is 364 g/mol. The van der Waals surface area contributed by atoms with Crippen LogP contribution < -0.4 is 10.6 Å². The Balaban J connectivity index is 1.33. The first-order chi connectivity index (χ1) is 12.6. The molecule has 2 N–H and O–H groups in total. The number of hydrogen-bond acceptors (Lipinski definition) is 5. The Morgan fingerprint density at radius 1 is 1.31 bits per heavy atom. The van der Waals surface area contributed by atoms with Crippen LogP contribution in [0, 0.1) is 5.82 Å². The molecule has 0 unspecified atom stereocenters. The van der Waals surface area contributed by atoms with E-state index in [2.05, 4.69) is 15.5 Å². The summed E-state index contributed by atoms with van der Waals surface area (Å²) < 4.78 is 24.3. The molecule has 1 aromatic rings. The van der Waals surface area contributed by atoms with Crippen LogP contribution in [0.3, 0.4) is 0 Å². The lowest BCUT2D eigenvalue weighted by Crippen LogP contribution is -2.66. The molecule has 0 aliphatic carbocycles. The number of likely N-dealkylation sites (tertiary alicyclic amines) is 1. The minimum absolute atomic E-state index is 0.209. The lowest BCUT2D eigenvalue weighted by molar-refractivity contribution is -0.0876. The van der Waals surface area contributed by atoms with Gasteiger partial charge in [0, 0.05) is 31.7 Å². The summed E-state index contributed by atoms with van der Waals surface area (Å²) in [4.78, 5) is 27.9. The van der Waals surface area contributed by atoms with Gasteiger partial charge in [-0.1, -0.05) is 0 Å². The molecule has 1 spiro atoms. The lowest BCUT2D eigenvalue weighted by atomic mass is 9.84. The third-order valence-electron chi connectivity index (χ3n) is 4.98. The molecule has 0 radical (unpaired) electrons. The van der Waals surface area contributed by atoms with E-state index in [-0.39, 0.29) is 19.1 Å². The molecular formula is C17H21FN4O4. The smallest absolute Gasteiger partial charge is 0.412 e. The summed E-state index contributed by atoms with van der Waals surface area (Å²) in [5.41, 5.74) is 0.117. The van der Waals surface area contributed by atoms with Gasteiger partial charge in [-0.15, -0.1) is 0 Å². The number of carbonyl (C=O) groups is 2. The number of morpholine rings is 1. The van der Waals surface area contributed by atoms with Crippen molar-refractivity contribution in [2.75, 3.05) is 57.8 Å². The maximum atomic E-state index is 13.6. The van der Waals surface area contributed by atoms with Crippen LogP contribution in [0.4, 0.5) is 19.7 Å². The number of ether oxygens (including phenoxy) is 2. The van der Waals surface area contributed by atoms with Crippen LogP contribution in [0.2, 0.25) is 0 Å². The third kappa shape index (κ3) is 3.19. The van der Waals surface area contributed by atoms with E-state index >= 15 is 0 Å². The van der Waals surface area contributed by atoms with Crippen LogP contribution in [0.1, 0.15) is 5.56 Å². The number of urea groups is 1. The van der Waals surface area contributed by atoms with Crippen molar-refractivity contribution < 1.29 is 23.5 Å². The van der Waals surface area contributed by atoms with Gasteiger partial charge in [0.15, 0.2) is 5.60 Å². The van der Waals surface area contributed by atoms with E-state index in [1.165, 1.54) is 18.2 Å². The number of nitrogens with one attached hydrogen (secondary N) is 2. The second-order valence-corrected chi connectivity index (χ2v) is 6.74. The van der Waals surface area contributed by atoms with Gasteiger partial charge in [-0.25, -0.2) is 14.0 Å². The van der Waals surface area contributed by atoms with Gasteiger partial charge in [0.25, 0.3) is 0 Å². The van der Waals surface area contributed by atoms with Crippen LogP contribution in [-0.2, 0) is 15.1 Å². The summed E-state index contributed by atoms with van der Waals surface area (Å²) in [6.07, 6.45) is -0.587. The van der Waals surface area contributed by atoms with Crippen LogP contribution in [0.15, 0.2) is 18.2 Å². The Morgan fingerprint density at radius 3 is 2.85 bits per heavy atom. The van der Waals surface area contributed by atoms with E-state index in [4.69, 9.17) is 9.47 Å². The molecule has 0 atom stereocenters. The first-order valence-corrected chi connectivity index (χ1v) is 8.69. The van der Waals surface area contributed by atoms with E-state index in [9.17, 15) is 14.0 Å². The van der Waals surface area contributed by atoms with Crippen molar-refractivity contribution in [3.63, 3.8) is 0 Å². The van der Waals surface area contributed by atoms with Crippen LogP contribution in [0.5, 0.6) is 0 Å². The molecule has 26 heavy (non-hydrogen) atoms. The third-order valence-corrected chi connectivity index (χ3v) is 4.98. The molecule has 0 bridgehead atoms. The van der Waals surface area contributed by atoms with Crippen LogP contribution >= 0.6 is 0 Å². The van der Waals surface area contributed by atoms with Gasteiger partial charge in [0.1, 0.15) is 5.82 Å². The van der Waals surface area contributed by atoms with Gasteiger partial charge in [0.2, 0.25) is 0 Å². The van der Waals surface area contributed by atoms with Crippen molar-refractivity contribution in [3.05, 3.63) is 29.6 Å². The number of anilines is 1. The molecule has 0 saturated carbocycles. The van der Waals surface area contributed by atoms with Gasteiger partial charge in [-0.3, -0.25) is 10.2 Å². The highest BCUT2D eigenvalue weighted by Crippen LogP contribution is 2.42. The van der Waals surface area contributed by atoms with Gasteiger partial charge in [-0.2, -0.15) is 0 Å². The molecule has 3 aliphatic heterocycles. The number of rotatable bonds is 3. The lowest BCUT2D eigenvalue weighted by Gasteiger charge is -2.51. The quantitative estimate of drug-likeness (QED) is 0.834. The number of amides is 3. The molecule has 3 aliphatic rings. The average Bonchev–Trinajstić information content (AvgIpc) is 2.60. The van der Waals surface area contributed by atoms with Gasteiger partial charge in [0.05, 0.1) is 32.0 Å². The summed E-state index contributed by atoms with van der Waals surface area (Å²) >= 11 is 0. The molecule has 3 heterocycles. The van der Waals surface area contributed by atoms with E-state index in [1.807, 2.05) is 0 Å². The number of halogens is 1. The van der Waals surface area contributed by atoms with Crippen molar-refractivity contribution in [1.29, 1.82) is 0 Å². The number of carbonyl (C=O) groups excluding carboxylic acids is 2. The van der Waals surface area contributed by atoms with E-state index in [1.54, 1.807) is 4.90 Å². The predicted octanol–water partition coefficient (Wildman–Crippen LogP) is 0.940. The van der Waals surface area contributed by atoms with Gasteiger partial charge in [-0.05, 0) is 18.2 Å². The molecular weight excluding hydrogens is 343 g/mol. The standard InChI is InChI=1S/C17H21FN4O4/c18-12-1-2-14-13(9-12)17(26-16(24)20-14)10-22(11-17)15(23)19-3-4-21-5-7-25-8-6-21/h1-2,9H,3-8,10-11H2,(H,19,23)(H,20,24). The summed E-state index contributed by atoms with van der Waals surface area (Å²) in [6.45, 7) is 4.90. The molecule has 2 saturated heterocycles. The Kier molecular flexibility index (Phi) is 4.41. The molecule has 140 valence electrons. The highest BCUT2D eigenvalue weighted by atomic mass is 19.1. The Hall–Kier alpha value is -2.39. The number of fused-ring (bicyclic) bond motifs is 2. The summed E-state index contributed by atoms with van der Waals surface area (Å²) in [5, 5.41) is 5.44. The fraction of sp³-hybridized carbons (Fsp3) is 0.529. The monoisotopic (exact) mass is 364 g/mol. The zero-order valence-corrected chi connectivity index (χ0v) is 14.3. The Morgan fingerprint density at radius 2 is 2.08 bits per heavy atom. The van der Waals surface area contributed by atoms with E-state index in [0.717, 1.165) is 32.8 Å². The van der Waals surface area contributed by atoms with Crippen molar-refractivity contribution in [3.8, 4) is 0 Å². The largest absolute Gasteiger partial charge is 0.434 e. The molecule has 4 rings (SSSR count). The molecule has 1 aromatic carbocycles. The summed E-state index contributed by atoms with van der Waals surface area (Å²) in [7, 11) is 0.